The average molecular weight is 487 g/mol. The summed E-state index contributed by atoms with van der Waals surface area (Å²) in [6, 6.07) is 8.56. The van der Waals surface area contributed by atoms with Crippen molar-refractivity contribution >= 4 is 37.4 Å². The van der Waals surface area contributed by atoms with Crippen molar-refractivity contribution in [3.8, 4) is 0 Å². The summed E-state index contributed by atoms with van der Waals surface area (Å²) in [5.74, 6) is -2.54. The van der Waals surface area contributed by atoms with Crippen LogP contribution in [0.4, 0.5) is 5.69 Å². The van der Waals surface area contributed by atoms with Gasteiger partial charge in [0, 0.05) is 17.0 Å². The molecular weight excluding hydrogens is 456 g/mol. The van der Waals surface area contributed by atoms with Gasteiger partial charge in [-0.3, -0.25) is 9.59 Å². The molecule has 1 aromatic rings. The third-order valence-electron chi connectivity index (χ3n) is 6.37. The maximum absolute atomic E-state index is 12.7. The van der Waals surface area contributed by atoms with Gasteiger partial charge in [0.15, 0.2) is 8.32 Å². The zero-order valence-electron chi connectivity index (χ0n) is 19.9. The van der Waals surface area contributed by atoms with Gasteiger partial charge in [-0.1, -0.05) is 50.2 Å². The number of amides is 1. The highest BCUT2D eigenvalue weighted by Gasteiger charge is 2.48. The molecule has 0 radical (unpaired) electrons. The zero-order chi connectivity index (χ0) is 25.3. The molecule has 1 amide bonds. The summed E-state index contributed by atoms with van der Waals surface area (Å²) in [5.41, 5.74) is 17.9. The van der Waals surface area contributed by atoms with Crippen LogP contribution in [-0.2, 0) is 30.2 Å². The second-order valence-corrected chi connectivity index (χ2v) is 12.9. The molecule has 3 atom stereocenters. The van der Waals surface area contributed by atoms with Crippen molar-refractivity contribution in [3.05, 3.63) is 45.8 Å². The predicted octanol–water partition coefficient (Wildman–Crippen LogP) is 3.83. The minimum absolute atomic E-state index is 0.174. The Bertz CT molecular complexity index is 1000. The molecule has 12 heteroatoms. The van der Waals surface area contributed by atoms with Gasteiger partial charge in [-0.05, 0) is 36.2 Å². The lowest BCUT2D eigenvalue weighted by Gasteiger charge is -2.43. The van der Waals surface area contributed by atoms with Gasteiger partial charge in [-0.25, -0.2) is 4.79 Å². The SMILES string of the molecule is CC[Si](CC)(CC)O[C@H](C)[C@H]1C(=O)N[C@@H]1CC(=O)C(=[N+]=[N-])C(=O)OCc1ccc(N=[N+]=[N-])cc1. The Labute approximate surface area is 199 Å². The second kappa shape index (κ2) is 12.2. The van der Waals surface area contributed by atoms with Crippen LogP contribution in [0.2, 0.25) is 18.1 Å². The zero-order valence-corrected chi connectivity index (χ0v) is 20.9. The third-order valence-corrected chi connectivity index (χ3v) is 11.1. The highest BCUT2D eigenvalue weighted by atomic mass is 28.4. The first kappa shape index (κ1) is 26.9. The van der Waals surface area contributed by atoms with Crippen LogP contribution in [0.5, 0.6) is 0 Å². The van der Waals surface area contributed by atoms with Crippen LogP contribution in [0.15, 0.2) is 29.4 Å². The number of hydrogen-bond donors (Lipinski definition) is 1. The number of azide groups is 1. The van der Waals surface area contributed by atoms with Gasteiger partial charge < -0.3 is 20.0 Å². The van der Waals surface area contributed by atoms with Crippen LogP contribution in [0.1, 0.15) is 39.7 Å². The van der Waals surface area contributed by atoms with Gasteiger partial charge in [-0.15, -0.1) is 0 Å². The molecule has 1 aliphatic rings. The Morgan fingerprint density at radius 3 is 2.26 bits per heavy atom. The predicted molar refractivity (Wildman–Crippen MR) is 126 cm³/mol. The molecule has 0 unspecified atom stereocenters. The molecule has 182 valence electrons. The Morgan fingerprint density at radius 1 is 1.15 bits per heavy atom. The number of carbonyl (C=O) groups excluding carboxylic acids is 3. The smallest absolute Gasteiger partial charge is 0.441 e. The van der Waals surface area contributed by atoms with E-state index in [4.69, 9.17) is 14.7 Å². The highest BCUT2D eigenvalue weighted by molar-refractivity contribution is 6.73. The Balaban J connectivity index is 1.98. The van der Waals surface area contributed by atoms with Gasteiger partial charge in [0.25, 0.3) is 5.78 Å². The third kappa shape index (κ3) is 6.39. The van der Waals surface area contributed by atoms with Gasteiger partial charge in [0.05, 0.1) is 18.1 Å². The van der Waals surface area contributed by atoms with Crippen molar-refractivity contribution in [2.45, 2.75) is 71.0 Å². The van der Waals surface area contributed by atoms with Crippen LogP contribution in [0, 0.1) is 5.92 Å². The molecule has 0 saturated carbocycles. The standard InChI is InChI=1S/C22H30N6O5Si/c1-5-34(6-2,7-3)33-14(4)19-17(25-21(19)30)12-18(29)20(26-23)22(31)32-13-15-8-10-16(11-9-15)27-28-24/h8-11,14,17,19H,5-7,12-13H2,1-4H3,(H,25,30)/t14-,17-,19-/m1/s1. The second-order valence-electron chi connectivity index (χ2n) is 8.22. The minimum atomic E-state index is -1.95. The van der Waals surface area contributed by atoms with E-state index in [-0.39, 0.29) is 25.0 Å². The molecular formula is C22H30N6O5Si. The molecule has 2 rings (SSSR count). The van der Waals surface area contributed by atoms with Crippen LogP contribution < -0.4 is 5.32 Å². The number of nitrogens with zero attached hydrogens (tertiary/aromatic N) is 5. The number of ketones is 1. The fourth-order valence-corrected chi connectivity index (χ4v) is 7.01. The Kier molecular flexibility index (Phi) is 9.70. The van der Waals surface area contributed by atoms with Crippen LogP contribution in [0.3, 0.4) is 0 Å². The van der Waals surface area contributed by atoms with Crippen molar-refractivity contribution in [2.24, 2.45) is 11.0 Å². The average Bonchev–Trinajstić information content (AvgIpc) is 2.82. The summed E-state index contributed by atoms with van der Waals surface area (Å²) in [6.07, 6.45) is -0.578. The summed E-state index contributed by atoms with van der Waals surface area (Å²) >= 11 is 0. The van der Waals surface area contributed by atoms with E-state index in [9.17, 15) is 19.9 Å². The number of ether oxygens (including phenoxy) is 1. The molecule has 1 N–H and O–H groups in total. The molecule has 11 nitrogen and oxygen atoms in total. The van der Waals surface area contributed by atoms with Crippen molar-refractivity contribution < 1.29 is 28.3 Å². The molecule has 0 aromatic heterocycles. The molecule has 0 bridgehead atoms. The van der Waals surface area contributed by atoms with Gasteiger partial charge in [-0.2, -0.15) is 4.79 Å². The van der Waals surface area contributed by atoms with Crippen molar-refractivity contribution in [3.63, 3.8) is 0 Å². The van der Waals surface area contributed by atoms with Gasteiger partial charge in [0.2, 0.25) is 5.91 Å². The largest absolute Gasteiger partial charge is 0.452 e. The van der Waals surface area contributed by atoms with E-state index in [1.165, 1.54) is 0 Å². The van der Waals surface area contributed by atoms with Gasteiger partial charge >= 0.3 is 11.7 Å². The van der Waals surface area contributed by atoms with Crippen LogP contribution in [-0.4, -0.2) is 48.6 Å². The van der Waals surface area contributed by atoms with E-state index < -0.39 is 37.7 Å². The molecule has 0 aliphatic carbocycles. The van der Waals surface area contributed by atoms with Crippen molar-refractivity contribution in [2.75, 3.05) is 0 Å². The first-order valence-corrected chi connectivity index (χ1v) is 13.8. The fraction of sp³-hybridized carbons (Fsp3) is 0.545. The lowest BCUT2D eigenvalue weighted by Crippen LogP contribution is -2.64. The summed E-state index contributed by atoms with van der Waals surface area (Å²) in [4.78, 5) is 42.7. The van der Waals surface area contributed by atoms with Gasteiger partial charge in [0.1, 0.15) is 6.61 Å². The Morgan fingerprint density at radius 2 is 1.76 bits per heavy atom. The van der Waals surface area contributed by atoms with E-state index in [0.717, 1.165) is 18.1 Å². The first-order chi connectivity index (χ1) is 16.2. The minimum Gasteiger partial charge on any atom is -0.452 e. The molecule has 1 heterocycles. The van der Waals surface area contributed by atoms with E-state index in [2.05, 4.69) is 40.9 Å². The molecule has 34 heavy (non-hydrogen) atoms. The molecule has 1 aromatic carbocycles. The van der Waals surface area contributed by atoms with Crippen molar-refractivity contribution in [1.82, 2.24) is 5.32 Å². The number of benzene rings is 1. The van der Waals surface area contributed by atoms with E-state index in [1.807, 2.05) is 6.92 Å². The van der Waals surface area contributed by atoms with E-state index in [1.54, 1.807) is 24.3 Å². The molecule has 1 aliphatic heterocycles. The number of rotatable bonds is 13. The number of esters is 1. The maximum Gasteiger partial charge on any atom is 0.441 e. The fourth-order valence-electron chi connectivity index (χ4n) is 4.08. The number of nitrogens with one attached hydrogen (secondary N) is 1. The Hall–Kier alpha value is -3.30. The normalized spacial score (nSPS) is 17.9. The monoisotopic (exact) mass is 486 g/mol. The number of β-lactam (4-membered cyclic amide) rings is 1. The summed E-state index contributed by atoms with van der Waals surface area (Å²) in [7, 11) is -1.95. The maximum atomic E-state index is 12.7. The quantitative estimate of drug-likeness (QED) is 0.0652. The first-order valence-electron chi connectivity index (χ1n) is 11.3. The van der Waals surface area contributed by atoms with Crippen LogP contribution in [0.25, 0.3) is 16.0 Å². The molecule has 0 spiro atoms. The number of hydrogen-bond acceptors (Lipinski definition) is 6. The summed E-state index contributed by atoms with van der Waals surface area (Å²) < 4.78 is 11.5. The topological polar surface area (TPSA) is 167 Å². The van der Waals surface area contributed by atoms with Crippen LogP contribution >= 0.6 is 0 Å². The van der Waals surface area contributed by atoms with Crippen molar-refractivity contribution in [1.29, 1.82) is 0 Å². The summed E-state index contributed by atoms with van der Waals surface area (Å²) in [6.45, 7) is 7.95. The number of carbonyl (C=O) groups is 3. The molecule has 1 fully saturated rings. The summed E-state index contributed by atoms with van der Waals surface area (Å²) in [5, 5.41) is 6.13. The lowest BCUT2D eigenvalue weighted by atomic mass is 9.82. The van der Waals surface area contributed by atoms with E-state index in [0.29, 0.717) is 11.3 Å². The van der Waals surface area contributed by atoms with E-state index >= 15 is 0 Å². The molecule has 1 saturated heterocycles. The highest BCUT2D eigenvalue weighted by Crippen LogP contribution is 2.30. The number of Topliss-reactive ketones (excluding diaryl/α,β-unsaturated/α-hetero) is 1. The lowest BCUT2D eigenvalue weighted by molar-refractivity contribution is -0.144.